The minimum absolute atomic E-state index is 0.0241. The van der Waals surface area contributed by atoms with Crippen molar-refractivity contribution in [3.8, 4) is 0 Å². The van der Waals surface area contributed by atoms with E-state index in [1.54, 1.807) is 13.0 Å². The molecule has 0 bridgehead atoms. The fourth-order valence-electron chi connectivity index (χ4n) is 2.86. The predicted molar refractivity (Wildman–Crippen MR) is 95.4 cm³/mol. The normalized spacial score (nSPS) is 12.5. The molecule has 0 aliphatic heterocycles. The maximum atomic E-state index is 13.0. The van der Waals surface area contributed by atoms with Crippen molar-refractivity contribution < 1.29 is 13.2 Å². The highest BCUT2D eigenvalue weighted by Gasteiger charge is 2.37. The van der Waals surface area contributed by atoms with Crippen LogP contribution < -0.4 is 4.90 Å². The van der Waals surface area contributed by atoms with Gasteiger partial charge in [-0.15, -0.1) is 5.10 Å². The molecule has 2 aromatic heterocycles. The molecule has 0 atom stereocenters. The SMILES string of the molecule is CCN(CC)CCN(CC(C)C)c1cc(C)nc2nc(C(F)(F)F)nn12. The zero-order valence-electron chi connectivity index (χ0n) is 16.0. The minimum atomic E-state index is -4.59. The zero-order valence-corrected chi connectivity index (χ0v) is 16.0. The number of alkyl halides is 3. The van der Waals surface area contributed by atoms with Crippen LogP contribution in [0.1, 0.15) is 39.2 Å². The first-order valence-corrected chi connectivity index (χ1v) is 8.94. The number of fused-ring (bicyclic) bond motifs is 1. The summed E-state index contributed by atoms with van der Waals surface area (Å²) < 4.78 is 40.3. The van der Waals surface area contributed by atoms with E-state index in [9.17, 15) is 13.2 Å². The Morgan fingerprint density at radius 3 is 2.31 bits per heavy atom. The summed E-state index contributed by atoms with van der Waals surface area (Å²) in [5.74, 6) is -0.244. The zero-order chi connectivity index (χ0) is 19.5. The number of anilines is 1. The first kappa shape index (κ1) is 20.4. The number of rotatable bonds is 8. The molecule has 0 aliphatic rings. The van der Waals surface area contributed by atoms with E-state index in [1.165, 1.54) is 4.52 Å². The maximum Gasteiger partial charge on any atom is 0.453 e. The van der Waals surface area contributed by atoms with Gasteiger partial charge in [0.1, 0.15) is 5.82 Å². The number of aromatic nitrogens is 4. The molecule has 2 aromatic rings. The predicted octanol–water partition coefficient (Wildman–Crippen LogP) is 3.26. The van der Waals surface area contributed by atoms with Crippen LogP contribution in [0.3, 0.4) is 0 Å². The molecule has 146 valence electrons. The van der Waals surface area contributed by atoms with Crippen LogP contribution in [0.15, 0.2) is 6.07 Å². The molecular formula is C17H27F3N6. The lowest BCUT2D eigenvalue weighted by Gasteiger charge is -2.29. The summed E-state index contributed by atoms with van der Waals surface area (Å²) in [6.45, 7) is 14.2. The van der Waals surface area contributed by atoms with Crippen molar-refractivity contribution in [2.75, 3.05) is 37.6 Å². The second-order valence-corrected chi connectivity index (χ2v) is 6.77. The second kappa shape index (κ2) is 8.20. The third-order valence-corrected chi connectivity index (χ3v) is 4.17. The molecule has 0 saturated heterocycles. The van der Waals surface area contributed by atoms with Gasteiger partial charge in [-0.25, -0.2) is 4.98 Å². The smallest absolute Gasteiger partial charge is 0.355 e. The Labute approximate surface area is 152 Å². The number of aryl methyl sites for hydroxylation is 1. The summed E-state index contributed by atoms with van der Waals surface area (Å²) in [5, 5.41) is 3.68. The van der Waals surface area contributed by atoms with Crippen LogP contribution in [-0.2, 0) is 6.18 Å². The summed E-state index contributed by atoms with van der Waals surface area (Å²) >= 11 is 0. The molecule has 0 saturated carbocycles. The van der Waals surface area contributed by atoms with Crippen molar-refractivity contribution in [2.24, 2.45) is 5.92 Å². The molecule has 0 radical (unpaired) electrons. The molecular weight excluding hydrogens is 345 g/mol. The molecule has 0 aliphatic carbocycles. The second-order valence-electron chi connectivity index (χ2n) is 6.77. The molecule has 26 heavy (non-hydrogen) atoms. The summed E-state index contributed by atoms with van der Waals surface area (Å²) in [6, 6.07) is 1.77. The largest absolute Gasteiger partial charge is 0.453 e. The van der Waals surface area contributed by atoms with Crippen LogP contribution in [0.5, 0.6) is 0 Å². The number of hydrogen-bond donors (Lipinski definition) is 0. The Morgan fingerprint density at radius 1 is 1.12 bits per heavy atom. The molecule has 0 fully saturated rings. The van der Waals surface area contributed by atoms with Crippen molar-refractivity contribution in [3.63, 3.8) is 0 Å². The van der Waals surface area contributed by atoms with E-state index in [1.807, 2.05) is 0 Å². The Morgan fingerprint density at radius 2 is 1.77 bits per heavy atom. The van der Waals surface area contributed by atoms with Gasteiger partial charge in [0.05, 0.1) is 0 Å². The van der Waals surface area contributed by atoms with Gasteiger partial charge in [0.15, 0.2) is 0 Å². The topological polar surface area (TPSA) is 49.6 Å². The number of hydrogen-bond acceptors (Lipinski definition) is 5. The Hall–Kier alpha value is -1.90. The lowest BCUT2D eigenvalue weighted by Crippen LogP contribution is -2.38. The van der Waals surface area contributed by atoms with Gasteiger partial charge in [0.25, 0.3) is 11.6 Å². The van der Waals surface area contributed by atoms with E-state index in [0.29, 0.717) is 30.5 Å². The van der Waals surface area contributed by atoms with Crippen LogP contribution in [0.2, 0.25) is 0 Å². The van der Waals surface area contributed by atoms with Crippen LogP contribution in [0.25, 0.3) is 5.78 Å². The highest BCUT2D eigenvalue weighted by molar-refractivity contribution is 5.48. The fourth-order valence-corrected chi connectivity index (χ4v) is 2.86. The molecule has 6 nitrogen and oxygen atoms in total. The van der Waals surface area contributed by atoms with Crippen LogP contribution in [0, 0.1) is 12.8 Å². The van der Waals surface area contributed by atoms with Gasteiger partial charge < -0.3 is 9.80 Å². The van der Waals surface area contributed by atoms with E-state index >= 15 is 0 Å². The van der Waals surface area contributed by atoms with Crippen molar-refractivity contribution in [1.82, 2.24) is 24.5 Å². The molecule has 0 aromatic carbocycles. The van der Waals surface area contributed by atoms with Gasteiger partial charge in [-0.1, -0.05) is 27.7 Å². The molecule has 2 rings (SSSR count). The molecule has 0 N–H and O–H groups in total. The van der Waals surface area contributed by atoms with Crippen LogP contribution in [-0.4, -0.2) is 57.2 Å². The van der Waals surface area contributed by atoms with Crippen molar-refractivity contribution in [2.45, 2.75) is 40.8 Å². The Bertz CT molecular complexity index is 721. The van der Waals surface area contributed by atoms with E-state index in [2.05, 4.69) is 52.6 Å². The highest BCUT2D eigenvalue weighted by atomic mass is 19.4. The number of halogens is 3. The standard InChI is InChI=1S/C17H27F3N6/c1-6-24(7-2)8-9-25(11-12(3)4)14-10-13(5)21-16-22-15(17(18,19)20)23-26(14)16/h10,12H,6-9,11H2,1-5H3. The monoisotopic (exact) mass is 372 g/mol. The first-order chi connectivity index (χ1) is 12.2. The van der Waals surface area contributed by atoms with Gasteiger partial charge in [-0.05, 0) is 25.9 Å². The molecule has 9 heteroatoms. The molecule has 0 amide bonds. The van der Waals surface area contributed by atoms with Gasteiger partial charge >= 0.3 is 6.18 Å². The summed E-state index contributed by atoms with van der Waals surface area (Å²) in [7, 11) is 0. The lowest BCUT2D eigenvalue weighted by atomic mass is 10.2. The molecule has 2 heterocycles. The third kappa shape index (κ3) is 4.84. The number of likely N-dealkylation sites (N-methyl/N-ethyl adjacent to an activating group) is 1. The van der Waals surface area contributed by atoms with Crippen molar-refractivity contribution in [1.29, 1.82) is 0 Å². The fraction of sp³-hybridized carbons (Fsp3) is 0.706. The van der Waals surface area contributed by atoms with Crippen molar-refractivity contribution in [3.05, 3.63) is 17.6 Å². The molecule has 0 spiro atoms. The molecule has 0 unspecified atom stereocenters. The first-order valence-electron chi connectivity index (χ1n) is 8.94. The van der Waals surface area contributed by atoms with Crippen LogP contribution >= 0.6 is 0 Å². The average molecular weight is 372 g/mol. The summed E-state index contributed by atoms with van der Waals surface area (Å²) in [5.41, 5.74) is 0.616. The van der Waals surface area contributed by atoms with Crippen molar-refractivity contribution >= 4 is 11.6 Å². The van der Waals surface area contributed by atoms with Gasteiger partial charge in [0.2, 0.25) is 0 Å². The van der Waals surface area contributed by atoms with E-state index in [-0.39, 0.29) is 5.78 Å². The Kier molecular flexibility index (Phi) is 6.44. The van der Waals surface area contributed by atoms with E-state index in [4.69, 9.17) is 0 Å². The van der Waals surface area contributed by atoms with Crippen LogP contribution in [0.4, 0.5) is 19.0 Å². The third-order valence-electron chi connectivity index (χ3n) is 4.17. The highest BCUT2D eigenvalue weighted by Crippen LogP contribution is 2.28. The van der Waals surface area contributed by atoms with Gasteiger partial charge in [-0.2, -0.15) is 22.7 Å². The summed E-state index contributed by atoms with van der Waals surface area (Å²) in [6.07, 6.45) is -4.59. The van der Waals surface area contributed by atoms with Gasteiger partial charge in [-0.3, -0.25) is 0 Å². The van der Waals surface area contributed by atoms with Gasteiger partial charge in [0, 0.05) is 31.4 Å². The average Bonchev–Trinajstić information content (AvgIpc) is 2.97. The number of nitrogens with zero attached hydrogens (tertiary/aromatic N) is 6. The van der Waals surface area contributed by atoms with E-state index in [0.717, 1.165) is 19.6 Å². The maximum absolute atomic E-state index is 13.0. The van der Waals surface area contributed by atoms with E-state index < -0.39 is 12.0 Å². The lowest BCUT2D eigenvalue weighted by molar-refractivity contribution is -0.144. The minimum Gasteiger partial charge on any atom is -0.355 e. The Balaban J connectivity index is 2.45. The summed E-state index contributed by atoms with van der Waals surface area (Å²) in [4.78, 5) is 12.0. The quantitative estimate of drug-likeness (QED) is 0.712.